The van der Waals surface area contributed by atoms with Gasteiger partial charge in [0.05, 0.1) is 7.11 Å². The van der Waals surface area contributed by atoms with Crippen molar-refractivity contribution in [2.45, 2.75) is 6.04 Å². The van der Waals surface area contributed by atoms with Crippen LogP contribution in [0.4, 0.5) is 0 Å². The highest BCUT2D eigenvalue weighted by Crippen LogP contribution is 2.42. The van der Waals surface area contributed by atoms with E-state index in [1.807, 2.05) is 12.1 Å². The van der Waals surface area contributed by atoms with Gasteiger partial charge in [0.2, 0.25) is 12.5 Å². The van der Waals surface area contributed by atoms with Crippen molar-refractivity contribution < 1.29 is 14.2 Å². The zero-order valence-electron chi connectivity index (χ0n) is 8.93. The normalized spacial score (nSPS) is 14.2. The molecule has 0 saturated heterocycles. The van der Waals surface area contributed by atoms with Crippen LogP contribution in [0.1, 0.15) is 11.6 Å². The van der Waals surface area contributed by atoms with E-state index >= 15 is 0 Å². The van der Waals surface area contributed by atoms with E-state index in [4.69, 9.17) is 25.7 Å². The standard InChI is InChI=1S/C10H14N2O3.ClH/c1-13-8-2-6(7(12)4-11)3-9-10(8)15-5-14-9;/h2-3,7H,4-5,11-12H2,1H3;1H/t7-;/m0./s1. The summed E-state index contributed by atoms with van der Waals surface area (Å²) in [7, 11) is 1.58. The van der Waals surface area contributed by atoms with Crippen LogP contribution < -0.4 is 25.7 Å². The summed E-state index contributed by atoms with van der Waals surface area (Å²) in [6, 6.07) is 3.45. The van der Waals surface area contributed by atoms with Crippen molar-refractivity contribution in [3.63, 3.8) is 0 Å². The summed E-state index contributed by atoms with van der Waals surface area (Å²) in [6.45, 7) is 0.593. The van der Waals surface area contributed by atoms with E-state index < -0.39 is 0 Å². The van der Waals surface area contributed by atoms with Crippen LogP contribution in [0.3, 0.4) is 0 Å². The van der Waals surface area contributed by atoms with Gasteiger partial charge in [-0.2, -0.15) is 0 Å². The molecule has 1 aromatic rings. The smallest absolute Gasteiger partial charge is 0.231 e. The molecular formula is C10H15ClN2O3. The number of rotatable bonds is 3. The summed E-state index contributed by atoms with van der Waals surface area (Å²) in [6.07, 6.45) is 0. The summed E-state index contributed by atoms with van der Waals surface area (Å²) >= 11 is 0. The van der Waals surface area contributed by atoms with Gasteiger partial charge in [-0.15, -0.1) is 12.4 Å². The monoisotopic (exact) mass is 246 g/mol. The number of ether oxygens (including phenoxy) is 3. The van der Waals surface area contributed by atoms with E-state index in [0.717, 1.165) is 5.56 Å². The van der Waals surface area contributed by atoms with Gasteiger partial charge in [0.15, 0.2) is 11.5 Å². The van der Waals surface area contributed by atoms with E-state index in [1.54, 1.807) is 7.11 Å². The van der Waals surface area contributed by atoms with Crippen LogP contribution >= 0.6 is 12.4 Å². The Kier molecular flexibility index (Phi) is 4.23. The van der Waals surface area contributed by atoms with Crippen molar-refractivity contribution in [1.82, 2.24) is 0 Å². The minimum absolute atomic E-state index is 0. The second-order valence-electron chi connectivity index (χ2n) is 3.30. The third-order valence-corrected chi connectivity index (χ3v) is 2.36. The Bertz CT molecular complexity index is 373. The van der Waals surface area contributed by atoms with E-state index in [2.05, 4.69) is 0 Å². The molecule has 1 heterocycles. The molecule has 0 spiro atoms. The van der Waals surface area contributed by atoms with Crippen molar-refractivity contribution >= 4 is 12.4 Å². The molecule has 0 fully saturated rings. The largest absolute Gasteiger partial charge is 0.493 e. The Morgan fingerprint density at radius 1 is 1.44 bits per heavy atom. The first-order valence-corrected chi connectivity index (χ1v) is 4.69. The maximum absolute atomic E-state index is 5.84. The fourth-order valence-electron chi connectivity index (χ4n) is 1.50. The second-order valence-corrected chi connectivity index (χ2v) is 3.30. The molecule has 16 heavy (non-hydrogen) atoms. The van der Waals surface area contributed by atoms with E-state index in [0.29, 0.717) is 23.8 Å². The molecule has 6 heteroatoms. The van der Waals surface area contributed by atoms with Crippen molar-refractivity contribution in [3.8, 4) is 17.2 Å². The van der Waals surface area contributed by atoms with Crippen LogP contribution in [0.2, 0.25) is 0 Å². The lowest BCUT2D eigenvalue weighted by Gasteiger charge is -2.12. The second kappa shape index (κ2) is 5.25. The molecule has 1 atom stereocenters. The average Bonchev–Trinajstić information content (AvgIpc) is 2.74. The van der Waals surface area contributed by atoms with Crippen LogP contribution in [-0.4, -0.2) is 20.4 Å². The fraction of sp³-hybridized carbons (Fsp3) is 0.400. The molecule has 0 aliphatic carbocycles. The number of methoxy groups -OCH3 is 1. The van der Waals surface area contributed by atoms with E-state index in [-0.39, 0.29) is 25.2 Å². The first-order chi connectivity index (χ1) is 7.26. The molecule has 1 aliphatic heterocycles. The van der Waals surface area contributed by atoms with Gasteiger partial charge in [-0.25, -0.2) is 0 Å². The molecule has 4 N–H and O–H groups in total. The Labute approximate surface area is 100 Å². The van der Waals surface area contributed by atoms with Gasteiger partial charge in [-0.1, -0.05) is 0 Å². The van der Waals surface area contributed by atoms with E-state index in [1.165, 1.54) is 0 Å². The third-order valence-electron chi connectivity index (χ3n) is 2.36. The predicted octanol–water partition coefficient (Wildman–Crippen LogP) is 0.804. The molecule has 0 unspecified atom stereocenters. The molecule has 0 aromatic heterocycles. The Hall–Kier alpha value is -1.17. The van der Waals surface area contributed by atoms with Crippen molar-refractivity contribution in [2.24, 2.45) is 11.5 Å². The molecule has 0 radical (unpaired) electrons. The summed E-state index contributed by atoms with van der Waals surface area (Å²) in [5.74, 6) is 1.92. The molecule has 0 bridgehead atoms. The highest BCUT2D eigenvalue weighted by Gasteiger charge is 2.21. The van der Waals surface area contributed by atoms with Gasteiger partial charge in [0.25, 0.3) is 0 Å². The Balaban J connectivity index is 0.00000128. The van der Waals surface area contributed by atoms with Gasteiger partial charge >= 0.3 is 0 Å². The van der Waals surface area contributed by atoms with Crippen LogP contribution in [0.5, 0.6) is 17.2 Å². The van der Waals surface area contributed by atoms with Crippen molar-refractivity contribution in [2.75, 3.05) is 20.4 Å². The average molecular weight is 247 g/mol. The number of halogens is 1. The number of nitrogens with two attached hydrogens (primary N) is 2. The van der Waals surface area contributed by atoms with Gasteiger partial charge < -0.3 is 25.7 Å². The van der Waals surface area contributed by atoms with Crippen molar-refractivity contribution in [1.29, 1.82) is 0 Å². The summed E-state index contributed by atoms with van der Waals surface area (Å²) < 4.78 is 15.7. The Morgan fingerprint density at radius 2 is 2.19 bits per heavy atom. The van der Waals surface area contributed by atoms with Gasteiger partial charge in [0.1, 0.15) is 0 Å². The van der Waals surface area contributed by atoms with Gasteiger partial charge in [-0.05, 0) is 17.7 Å². The third kappa shape index (κ3) is 2.16. The van der Waals surface area contributed by atoms with Crippen LogP contribution in [-0.2, 0) is 0 Å². The zero-order chi connectivity index (χ0) is 10.8. The molecule has 0 amide bonds. The van der Waals surface area contributed by atoms with Gasteiger partial charge in [0, 0.05) is 12.6 Å². The minimum Gasteiger partial charge on any atom is -0.493 e. The molecular weight excluding hydrogens is 232 g/mol. The summed E-state index contributed by atoms with van der Waals surface area (Å²) in [5.41, 5.74) is 12.2. The Morgan fingerprint density at radius 3 is 2.81 bits per heavy atom. The lowest BCUT2D eigenvalue weighted by molar-refractivity contribution is 0.171. The number of hydrogen-bond acceptors (Lipinski definition) is 5. The lowest BCUT2D eigenvalue weighted by atomic mass is 10.1. The molecule has 2 rings (SSSR count). The maximum atomic E-state index is 5.84. The SMILES string of the molecule is COc1cc([C@@H](N)CN)cc2c1OCO2.Cl. The van der Waals surface area contributed by atoms with E-state index in [9.17, 15) is 0 Å². The number of hydrogen-bond donors (Lipinski definition) is 2. The fourth-order valence-corrected chi connectivity index (χ4v) is 1.50. The first-order valence-electron chi connectivity index (χ1n) is 4.69. The summed E-state index contributed by atoms with van der Waals surface area (Å²) in [5, 5.41) is 0. The highest BCUT2D eigenvalue weighted by molar-refractivity contribution is 5.85. The molecule has 1 aliphatic rings. The van der Waals surface area contributed by atoms with Gasteiger partial charge in [-0.3, -0.25) is 0 Å². The molecule has 90 valence electrons. The topological polar surface area (TPSA) is 79.7 Å². The molecule has 0 saturated carbocycles. The van der Waals surface area contributed by atoms with Crippen LogP contribution in [0.25, 0.3) is 0 Å². The van der Waals surface area contributed by atoms with Crippen molar-refractivity contribution in [3.05, 3.63) is 17.7 Å². The maximum Gasteiger partial charge on any atom is 0.231 e. The predicted molar refractivity (Wildman–Crippen MR) is 62.3 cm³/mol. The zero-order valence-corrected chi connectivity index (χ0v) is 9.75. The first kappa shape index (κ1) is 12.9. The minimum atomic E-state index is -0.214. The van der Waals surface area contributed by atoms with Crippen LogP contribution in [0.15, 0.2) is 12.1 Å². The molecule has 5 nitrogen and oxygen atoms in total. The van der Waals surface area contributed by atoms with Crippen LogP contribution in [0, 0.1) is 0 Å². The highest BCUT2D eigenvalue weighted by atomic mass is 35.5. The quantitative estimate of drug-likeness (QED) is 0.825. The number of fused-ring (bicyclic) bond motifs is 1. The molecule has 1 aromatic carbocycles. The number of benzene rings is 1. The summed E-state index contributed by atoms with van der Waals surface area (Å²) in [4.78, 5) is 0. The lowest BCUT2D eigenvalue weighted by Crippen LogP contribution is -2.20.